The lowest BCUT2D eigenvalue weighted by atomic mass is 10.1. The first-order valence-electron chi connectivity index (χ1n) is 11.9. The van der Waals surface area contributed by atoms with Crippen LogP contribution in [-0.2, 0) is 32.4 Å². The minimum atomic E-state index is -4.48. The maximum atomic E-state index is 12.8. The number of quaternary nitrogens is 1. The Hall–Kier alpha value is -3.40. The molecule has 1 heterocycles. The number of carbonyl (C=O) groups excluding carboxylic acids is 1. The van der Waals surface area contributed by atoms with Gasteiger partial charge < -0.3 is 18.4 Å². The van der Waals surface area contributed by atoms with Crippen LogP contribution < -0.4 is 10.5 Å². The number of rotatable bonds is 10. The van der Waals surface area contributed by atoms with Crippen molar-refractivity contribution in [2.75, 3.05) is 40.7 Å². The maximum absolute atomic E-state index is 12.8. The molecule has 0 unspecified atom stereocenters. The van der Waals surface area contributed by atoms with Crippen LogP contribution in [0, 0.1) is 0 Å². The Morgan fingerprint density at radius 1 is 1.15 bits per heavy atom. The summed E-state index contributed by atoms with van der Waals surface area (Å²) in [6.07, 6.45) is -2.84. The van der Waals surface area contributed by atoms with Gasteiger partial charge in [-0.25, -0.2) is 4.79 Å². The lowest BCUT2D eigenvalue weighted by Crippen LogP contribution is -2.35. The molecule has 1 aromatic heterocycles. The highest BCUT2D eigenvalue weighted by atomic mass is 35.5. The summed E-state index contributed by atoms with van der Waals surface area (Å²) in [5, 5.41) is 4.44. The number of hydrogen-bond donors (Lipinski definition) is 1. The molecule has 0 radical (unpaired) electrons. The first-order chi connectivity index (χ1) is 18.8. The molecule has 0 bridgehead atoms. The van der Waals surface area contributed by atoms with Crippen LogP contribution in [0.25, 0.3) is 11.5 Å². The fourth-order valence-corrected chi connectivity index (χ4v) is 3.42. The zero-order valence-corrected chi connectivity index (χ0v) is 24.2. The fraction of sp³-hybridized carbons (Fsp3) is 0.400. The quantitative estimate of drug-likeness (QED) is 0.153. The van der Waals surface area contributed by atoms with Gasteiger partial charge in [-0.15, -0.1) is 5.10 Å². The van der Waals surface area contributed by atoms with Gasteiger partial charge in [0.2, 0.25) is 12.7 Å². The summed E-state index contributed by atoms with van der Waals surface area (Å²) in [6, 6.07) is 8.77. The van der Waals surface area contributed by atoms with Gasteiger partial charge in [0, 0.05) is 22.6 Å². The van der Waals surface area contributed by atoms with E-state index in [-0.39, 0.29) is 31.2 Å². The van der Waals surface area contributed by atoms with Crippen molar-refractivity contribution in [3.05, 3.63) is 69.2 Å². The van der Waals surface area contributed by atoms with Crippen LogP contribution in [0.1, 0.15) is 24.0 Å². The number of aromatic nitrogens is 2. The lowest BCUT2D eigenvalue weighted by molar-refractivity contribution is -0.870. The molecule has 16 heteroatoms. The molecule has 1 N–H and O–H groups in total. The second kappa shape index (κ2) is 14.0. The highest BCUT2D eigenvalue weighted by Crippen LogP contribution is 2.30. The summed E-state index contributed by atoms with van der Waals surface area (Å²) in [5.41, 5.74) is -0.167. The topological polar surface area (TPSA) is 138 Å². The number of halogens is 4. The van der Waals surface area contributed by atoms with E-state index in [4.69, 9.17) is 30.0 Å². The molecule has 0 fully saturated rings. The summed E-state index contributed by atoms with van der Waals surface area (Å²) >= 11 is 6.09. The van der Waals surface area contributed by atoms with Gasteiger partial charge in [0.15, 0.2) is 0 Å². The van der Waals surface area contributed by atoms with Crippen molar-refractivity contribution < 1.29 is 49.3 Å². The monoisotopic (exact) mass is 624 g/mol. The summed E-state index contributed by atoms with van der Waals surface area (Å²) in [4.78, 5) is 24.3. The predicted octanol–water partition coefficient (Wildman–Crippen LogP) is 4.09. The summed E-state index contributed by atoms with van der Waals surface area (Å²) in [7, 11) is 2.43. The van der Waals surface area contributed by atoms with Crippen LogP contribution in [0.15, 0.2) is 51.7 Å². The number of esters is 1. The zero-order valence-electron chi connectivity index (χ0n) is 22.6. The van der Waals surface area contributed by atoms with E-state index in [0.717, 1.165) is 27.8 Å². The largest absolute Gasteiger partial charge is 0.457 e. The SMILES string of the molecule is CS(=O)(=O)O.C[N+](C)(C)CCCC(=O)OCOc1ccc(Cl)cc1Cn1nc(-c2ccc(C(F)(F)F)cc2)oc1=O. The number of ether oxygens (including phenoxy) is 2. The molecule has 0 aliphatic heterocycles. The van der Waals surface area contributed by atoms with Crippen molar-refractivity contribution in [2.24, 2.45) is 0 Å². The van der Waals surface area contributed by atoms with Crippen molar-refractivity contribution in [3.63, 3.8) is 0 Å². The maximum Gasteiger partial charge on any atom is 0.437 e. The van der Waals surface area contributed by atoms with Crippen LogP contribution >= 0.6 is 11.6 Å². The molecule has 41 heavy (non-hydrogen) atoms. The van der Waals surface area contributed by atoms with Crippen molar-refractivity contribution in [1.82, 2.24) is 9.78 Å². The second-order valence-corrected chi connectivity index (χ2v) is 11.7. The van der Waals surface area contributed by atoms with Gasteiger partial charge in [0.25, 0.3) is 10.1 Å². The van der Waals surface area contributed by atoms with Gasteiger partial charge in [-0.3, -0.25) is 9.35 Å². The van der Waals surface area contributed by atoms with E-state index in [0.29, 0.717) is 29.0 Å². The molecular weight excluding hydrogens is 595 g/mol. The standard InChI is InChI=1S/C24H26ClF3N3O5.CH4O3S/c1-31(2,3)12-4-5-21(32)35-15-34-20-11-10-19(25)13-17(20)14-30-23(33)36-22(29-30)16-6-8-18(9-7-16)24(26,27)28;1-5(2,3)4/h6-11,13H,4-5,12,14-15H2,1-3H3;1H3,(H,2,3,4)/q+1;. The first-order valence-corrected chi connectivity index (χ1v) is 14.1. The van der Waals surface area contributed by atoms with E-state index >= 15 is 0 Å². The molecular formula is C25H30ClF3N3O8S+. The number of hydrogen-bond acceptors (Lipinski definition) is 8. The Balaban J connectivity index is 0.00000108. The Morgan fingerprint density at radius 2 is 1.76 bits per heavy atom. The van der Waals surface area contributed by atoms with Crippen molar-refractivity contribution in [1.29, 1.82) is 0 Å². The molecule has 0 amide bonds. The molecule has 11 nitrogen and oxygen atoms in total. The molecule has 0 aliphatic carbocycles. The number of nitrogens with zero attached hydrogens (tertiary/aromatic N) is 3. The van der Waals surface area contributed by atoms with Crippen LogP contribution in [-0.4, -0.2) is 73.9 Å². The Kier molecular flexibility index (Phi) is 11.5. The Morgan fingerprint density at radius 3 is 2.32 bits per heavy atom. The van der Waals surface area contributed by atoms with Crippen LogP contribution in [0.5, 0.6) is 5.75 Å². The van der Waals surface area contributed by atoms with Crippen LogP contribution in [0.4, 0.5) is 13.2 Å². The molecule has 0 saturated carbocycles. The van der Waals surface area contributed by atoms with E-state index in [1.54, 1.807) is 18.2 Å². The average molecular weight is 625 g/mol. The molecule has 3 rings (SSSR count). The smallest absolute Gasteiger partial charge is 0.437 e. The van der Waals surface area contributed by atoms with Gasteiger partial charge in [-0.2, -0.15) is 26.3 Å². The highest BCUT2D eigenvalue weighted by Gasteiger charge is 2.30. The number of alkyl halides is 3. The van der Waals surface area contributed by atoms with Crippen LogP contribution in [0.3, 0.4) is 0 Å². The minimum absolute atomic E-state index is 0.101. The minimum Gasteiger partial charge on any atom is -0.457 e. The lowest BCUT2D eigenvalue weighted by Gasteiger charge is -2.23. The Bertz CT molecular complexity index is 1470. The molecule has 2 aromatic carbocycles. The zero-order chi connectivity index (χ0) is 31.0. The first kappa shape index (κ1) is 33.8. The molecule has 226 valence electrons. The van der Waals surface area contributed by atoms with E-state index in [1.807, 2.05) is 21.1 Å². The third-order valence-corrected chi connectivity index (χ3v) is 5.29. The van der Waals surface area contributed by atoms with Crippen LogP contribution in [0.2, 0.25) is 5.02 Å². The molecule has 0 spiro atoms. The summed E-state index contributed by atoms with van der Waals surface area (Å²) in [5.74, 6) is -1.04. The van der Waals surface area contributed by atoms with Crippen molar-refractivity contribution in [3.8, 4) is 17.2 Å². The molecule has 0 atom stereocenters. The third-order valence-electron chi connectivity index (χ3n) is 5.05. The second-order valence-electron chi connectivity index (χ2n) is 9.79. The van der Waals surface area contributed by atoms with E-state index < -0.39 is 33.6 Å². The summed E-state index contributed by atoms with van der Waals surface area (Å²) in [6.45, 7) is 0.386. The van der Waals surface area contributed by atoms with E-state index in [1.165, 1.54) is 12.1 Å². The van der Waals surface area contributed by atoms with E-state index in [2.05, 4.69) is 5.10 Å². The van der Waals surface area contributed by atoms with Gasteiger partial charge in [0.1, 0.15) is 5.75 Å². The molecule has 0 saturated heterocycles. The normalized spacial score (nSPS) is 11.9. The van der Waals surface area contributed by atoms with Crippen molar-refractivity contribution in [2.45, 2.75) is 25.6 Å². The van der Waals surface area contributed by atoms with Gasteiger partial charge >= 0.3 is 17.9 Å². The molecule has 3 aromatic rings. The van der Waals surface area contributed by atoms with Gasteiger partial charge in [-0.1, -0.05) is 11.6 Å². The fourth-order valence-electron chi connectivity index (χ4n) is 3.23. The third kappa shape index (κ3) is 12.8. The van der Waals surface area contributed by atoms with Gasteiger partial charge in [0.05, 0.1) is 52.5 Å². The van der Waals surface area contributed by atoms with E-state index in [9.17, 15) is 31.2 Å². The number of carbonyl (C=O) groups is 1. The summed E-state index contributed by atoms with van der Waals surface area (Å²) < 4.78 is 81.8. The molecule has 0 aliphatic rings. The predicted molar refractivity (Wildman–Crippen MR) is 143 cm³/mol. The highest BCUT2D eigenvalue weighted by molar-refractivity contribution is 7.85. The Labute approximate surface area is 239 Å². The number of benzene rings is 2. The van der Waals surface area contributed by atoms with Crippen molar-refractivity contribution >= 4 is 27.7 Å². The van der Waals surface area contributed by atoms with Gasteiger partial charge in [-0.05, 0) is 42.5 Å². The average Bonchev–Trinajstić information content (AvgIpc) is 3.18.